The summed E-state index contributed by atoms with van der Waals surface area (Å²) in [4.78, 5) is 10.1. The van der Waals surface area contributed by atoms with Crippen LogP contribution >= 0.6 is 0 Å². The summed E-state index contributed by atoms with van der Waals surface area (Å²) < 4.78 is 4.85. The van der Waals surface area contributed by atoms with Crippen molar-refractivity contribution in [3.8, 4) is 11.5 Å². The molecule has 0 atom stereocenters. The lowest BCUT2D eigenvalue weighted by Gasteiger charge is -2.08. The molecule has 1 aromatic rings. The molecule has 0 bridgehead atoms. The summed E-state index contributed by atoms with van der Waals surface area (Å²) in [5.74, 6) is 0.326. The molecule has 0 aliphatic rings. The Labute approximate surface area is 80.9 Å². The van der Waals surface area contributed by atoms with Gasteiger partial charge in [0.1, 0.15) is 6.09 Å². The first-order valence-electron chi connectivity index (χ1n) is 3.94. The molecule has 1 rings (SSSR count). The second-order valence-electron chi connectivity index (χ2n) is 2.65. The van der Waals surface area contributed by atoms with E-state index < -0.39 is 6.09 Å². The summed E-state index contributed by atoms with van der Waals surface area (Å²) in [6, 6.07) is 4.57. The number of methoxy groups -OCH3 is 1. The van der Waals surface area contributed by atoms with Crippen LogP contribution in [0.4, 0.5) is 4.79 Å². The number of carbonyl (C=O) groups excluding carboxylic acids is 1. The number of ether oxygens (including phenoxy) is 1. The predicted octanol–water partition coefficient (Wildman–Crippen LogP) is -0.166. The minimum atomic E-state index is -1.34. The molecule has 0 saturated heterocycles. The molecule has 0 aliphatic heterocycles. The van der Waals surface area contributed by atoms with Crippen molar-refractivity contribution in [2.75, 3.05) is 7.11 Å². The zero-order valence-electron chi connectivity index (χ0n) is 7.61. The van der Waals surface area contributed by atoms with Crippen molar-refractivity contribution in [1.29, 1.82) is 0 Å². The first kappa shape index (κ1) is 10.2. The zero-order chi connectivity index (χ0) is 10.6. The summed E-state index contributed by atoms with van der Waals surface area (Å²) in [5.41, 5.74) is 0.684. The van der Waals surface area contributed by atoms with Crippen LogP contribution in [0.2, 0.25) is 0 Å². The van der Waals surface area contributed by atoms with Crippen LogP contribution in [0, 0.1) is 0 Å². The topological polar surface area (TPSA) is 81.6 Å². The Bertz CT molecular complexity index is 338. The lowest BCUT2D eigenvalue weighted by atomic mass is 10.2. The van der Waals surface area contributed by atoms with Crippen molar-refractivity contribution in [2.24, 2.45) is 0 Å². The molecule has 0 heterocycles. The highest BCUT2D eigenvalue weighted by molar-refractivity contribution is 5.62. The van der Waals surface area contributed by atoms with Gasteiger partial charge in [-0.3, -0.25) is 0 Å². The molecule has 1 amide bonds. The average Bonchev–Trinajstić information content (AvgIpc) is 2.16. The molecule has 0 spiro atoms. The van der Waals surface area contributed by atoms with E-state index in [4.69, 9.17) is 4.74 Å². The van der Waals surface area contributed by atoms with Crippen LogP contribution in [0.15, 0.2) is 18.2 Å². The first-order chi connectivity index (χ1) is 6.63. The van der Waals surface area contributed by atoms with Crippen molar-refractivity contribution < 1.29 is 19.7 Å². The number of carbonyl (C=O) groups is 1. The van der Waals surface area contributed by atoms with Gasteiger partial charge in [0.25, 0.3) is 0 Å². The largest absolute Gasteiger partial charge is 0.530 e. The van der Waals surface area contributed by atoms with Crippen molar-refractivity contribution in [1.82, 2.24) is 5.32 Å². The van der Waals surface area contributed by atoms with E-state index in [-0.39, 0.29) is 12.3 Å². The maximum atomic E-state index is 10.1. The van der Waals surface area contributed by atoms with Crippen LogP contribution < -0.4 is 15.2 Å². The fourth-order valence-electron chi connectivity index (χ4n) is 1.01. The van der Waals surface area contributed by atoms with Gasteiger partial charge in [0.2, 0.25) is 0 Å². The van der Waals surface area contributed by atoms with Crippen LogP contribution in [0.1, 0.15) is 5.56 Å². The molecule has 76 valence electrons. The minimum absolute atomic E-state index is 0.0182. The highest BCUT2D eigenvalue weighted by Crippen LogP contribution is 2.25. The Morgan fingerprint density at radius 3 is 2.93 bits per heavy atom. The van der Waals surface area contributed by atoms with Crippen molar-refractivity contribution >= 4 is 6.09 Å². The third kappa shape index (κ3) is 2.55. The highest BCUT2D eigenvalue weighted by Gasteiger charge is 2.01. The SMILES string of the molecule is COc1cc(CNC(=O)[O-])ccc1O. The van der Waals surface area contributed by atoms with E-state index in [1.807, 2.05) is 0 Å². The van der Waals surface area contributed by atoms with Gasteiger partial charge in [-0.15, -0.1) is 0 Å². The van der Waals surface area contributed by atoms with Crippen LogP contribution in [0.5, 0.6) is 11.5 Å². The van der Waals surface area contributed by atoms with Crippen LogP contribution in [-0.2, 0) is 6.54 Å². The normalized spacial score (nSPS) is 9.50. The van der Waals surface area contributed by atoms with E-state index in [0.717, 1.165) is 0 Å². The average molecular weight is 196 g/mol. The van der Waals surface area contributed by atoms with Gasteiger partial charge in [-0.25, -0.2) is 0 Å². The van der Waals surface area contributed by atoms with Gasteiger partial charge in [0.05, 0.1) is 7.11 Å². The Balaban J connectivity index is 2.74. The highest BCUT2D eigenvalue weighted by atomic mass is 16.5. The maximum Gasteiger partial charge on any atom is 0.160 e. The van der Waals surface area contributed by atoms with E-state index in [2.05, 4.69) is 5.32 Å². The molecule has 5 nitrogen and oxygen atoms in total. The molecule has 0 fully saturated rings. The van der Waals surface area contributed by atoms with Gasteiger partial charge in [-0.05, 0) is 17.7 Å². The van der Waals surface area contributed by atoms with Crippen LogP contribution in [0.25, 0.3) is 0 Å². The van der Waals surface area contributed by atoms with Gasteiger partial charge in [-0.2, -0.15) is 0 Å². The molecule has 0 saturated carbocycles. The lowest BCUT2D eigenvalue weighted by molar-refractivity contribution is -0.251. The summed E-state index contributed by atoms with van der Waals surface area (Å²) >= 11 is 0. The van der Waals surface area contributed by atoms with E-state index in [9.17, 15) is 15.0 Å². The van der Waals surface area contributed by atoms with Crippen LogP contribution in [-0.4, -0.2) is 18.3 Å². The third-order valence-corrected chi connectivity index (χ3v) is 1.68. The number of nitrogens with one attached hydrogen (secondary N) is 1. The second-order valence-corrected chi connectivity index (χ2v) is 2.65. The molecule has 14 heavy (non-hydrogen) atoms. The second kappa shape index (κ2) is 4.36. The fourth-order valence-corrected chi connectivity index (χ4v) is 1.01. The van der Waals surface area contributed by atoms with Gasteiger partial charge in [-0.1, -0.05) is 6.07 Å². The molecule has 0 aliphatic carbocycles. The maximum absolute atomic E-state index is 10.1. The van der Waals surface area contributed by atoms with Gasteiger partial charge in [0.15, 0.2) is 11.5 Å². The fraction of sp³-hybridized carbons (Fsp3) is 0.222. The third-order valence-electron chi connectivity index (χ3n) is 1.68. The van der Waals surface area contributed by atoms with E-state index in [1.54, 1.807) is 12.1 Å². The van der Waals surface area contributed by atoms with Crippen molar-refractivity contribution in [2.45, 2.75) is 6.54 Å². The summed E-state index contributed by atoms with van der Waals surface area (Å²) in [6.45, 7) is 0.124. The quantitative estimate of drug-likeness (QED) is 0.703. The van der Waals surface area contributed by atoms with Crippen LogP contribution in [0.3, 0.4) is 0 Å². The Kier molecular flexibility index (Phi) is 3.17. The monoisotopic (exact) mass is 196 g/mol. The zero-order valence-corrected chi connectivity index (χ0v) is 7.61. The first-order valence-corrected chi connectivity index (χ1v) is 3.94. The summed E-state index contributed by atoms with van der Waals surface area (Å²) in [6.07, 6.45) is -1.34. The molecule has 1 aromatic carbocycles. The van der Waals surface area contributed by atoms with E-state index in [1.165, 1.54) is 13.2 Å². The van der Waals surface area contributed by atoms with Crippen molar-refractivity contribution in [3.63, 3.8) is 0 Å². The molecule has 5 heteroatoms. The minimum Gasteiger partial charge on any atom is -0.530 e. The Morgan fingerprint density at radius 1 is 1.64 bits per heavy atom. The summed E-state index contributed by atoms with van der Waals surface area (Å²) in [5, 5.41) is 21.4. The molecule has 0 aromatic heterocycles. The molecule has 0 unspecified atom stereocenters. The lowest BCUT2D eigenvalue weighted by Crippen LogP contribution is -2.35. The predicted molar refractivity (Wildman–Crippen MR) is 46.9 cm³/mol. The number of phenolic OH excluding ortho intramolecular Hbond substituents is 1. The standard InChI is InChI=1S/C9H11NO4/c1-14-8-4-6(2-3-7(8)11)5-10-9(12)13/h2-4,10-11H,5H2,1H3,(H,12,13)/p-1. The number of amides is 1. The summed E-state index contributed by atoms with van der Waals surface area (Å²) in [7, 11) is 1.42. The van der Waals surface area contributed by atoms with Gasteiger partial charge in [0, 0.05) is 6.54 Å². The van der Waals surface area contributed by atoms with Gasteiger partial charge < -0.3 is 25.1 Å². The molecule has 0 radical (unpaired) electrons. The van der Waals surface area contributed by atoms with Gasteiger partial charge >= 0.3 is 0 Å². The number of hydrogen-bond donors (Lipinski definition) is 2. The number of benzene rings is 1. The van der Waals surface area contributed by atoms with Crippen molar-refractivity contribution in [3.05, 3.63) is 23.8 Å². The smallest absolute Gasteiger partial charge is 0.160 e. The molecule has 2 N–H and O–H groups in total. The number of aromatic hydroxyl groups is 1. The van der Waals surface area contributed by atoms with E-state index in [0.29, 0.717) is 11.3 Å². The number of phenols is 1. The molecular formula is C9H10NO4-. The number of carboxylic acid groups (broad SMARTS) is 1. The Hall–Kier alpha value is -1.91. The Morgan fingerprint density at radius 2 is 2.36 bits per heavy atom. The number of rotatable bonds is 3. The van der Waals surface area contributed by atoms with E-state index >= 15 is 0 Å². The number of hydrogen-bond acceptors (Lipinski definition) is 4. The molecular weight excluding hydrogens is 186 g/mol.